The fourth-order valence-corrected chi connectivity index (χ4v) is 5.20. The van der Waals surface area contributed by atoms with Gasteiger partial charge >= 0.3 is 12.0 Å². The highest BCUT2D eigenvalue weighted by atomic mass is 35.5. The Hall–Kier alpha value is -3.84. The van der Waals surface area contributed by atoms with Crippen LogP contribution in [0.5, 0.6) is 0 Å². The minimum Gasteiger partial charge on any atom is -0.481 e. The predicted molar refractivity (Wildman–Crippen MR) is 158 cm³/mol. The topological polar surface area (TPSA) is 98.7 Å². The zero-order chi connectivity index (χ0) is 28.5. The van der Waals surface area contributed by atoms with Gasteiger partial charge in [-0.3, -0.25) is 14.5 Å². The van der Waals surface area contributed by atoms with Crippen LogP contribution in [0.1, 0.15) is 84.5 Å². The number of amides is 3. The number of urea groups is 1. The Morgan fingerprint density at radius 2 is 1.57 bits per heavy atom. The van der Waals surface area contributed by atoms with Crippen molar-refractivity contribution in [1.29, 1.82) is 0 Å². The average Bonchev–Trinajstić information content (AvgIpc) is 2.97. The lowest BCUT2D eigenvalue weighted by Crippen LogP contribution is -2.40. The molecular weight excluding hydrogens is 526 g/mol. The Morgan fingerprint density at radius 3 is 2.20 bits per heavy atom. The fraction of sp³-hybridized carbons (Fsp3) is 0.344. The van der Waals surface area contributed by atoms with Gasteiger partial charge in [-0.25, -0.2) is 4.79 Å². The number of hydrogen-bond acceptors (Lipinski definition) is 3. The van der Waals surface area contributed by atoms with Gasteiger partial charge in [0.1, 0.15) is 0 Å². The Balaban J connectivity index is 1.51. The van der Waals surface area contributed by atoms with Gasteiger partial charge in [0.25, 0.3) is 5.91 Å². The number of hydrogen-bond donors (Lipinski definition) is 3. The second-order valence-electron chi connectivity index (χ2n) is 10.3. The maximum Gasteiger partial charge on any atom is 0.322 e. The second-order valence-corrected chi connectivity index (χ2v) is 10.8. The zero-order valence-electron chi connectivity index (χ0n) is 22.7. The van der Waals surface area contributed by atoms with E-state index < -0.39 is 5.97 Å². The van der Waals surface area contributed by atoms with Crippen LogP contribution in [0.25, 0.3) is 0 Å². The Labute approximate surface area is 240 Å². The molecule has 0 aliphatic heterocycles. The van der Waals surface area contributed by atoms with E-state index in [-0.39, 0.29) is 30.9 Å². The maximum absolute atomic E-state index is 13.6. The first kappa shape index (κ1) is 29.2. The minimum absolute atomic E-state index is 0.0620. The van der Waals surface area contributed by atoms with Crippen molar-refractivity contribution in [3.05, 3.63) is 100 Å². The van der Waals surface area contributed by atoms with E-state index in [0.717, 1.165) is 16.8 Å². The van der Waals surface area contributed by atoms with E-state index in [1.165, 1.54) is 37.7 Å². The lowest BCUT2D eigenvalue weighted by atomic mass is 9.84. The van der Waals surface area contributed by atoms with Gasteiger partial charge in [-0.1, -0.05) is 67.3 Å². The van der Waals surface area contributed by atoms with Crippen molar-refractivity contribution < 1.29 is 19.5 Å². The van der Waals surface area contributed by atoms with E-state index in [9.17, 15) is 14.4 Å². The first-order chi connectivity index (χ1) is 19.3. The lowest BCUT2D eigenvalue weighted by Gasteiger charge is -2.27. The number of anilines is 1. The number of carboxylic acid groups (broad SMARTS) is 1. The van der Waals surface area contributed by atoms with Gasteiger partial charge in [0.2, 0.25) is 0 Å². The SMILES string of the molecule is CC(NC(=O)N(Cc1ccc(C(=O)NCCC(=O)O)cc1)c1ccc(C2CCCCC2)cc1)c1ccc(Cl)cc1. The van der Waals surface area contributed by atoms with Gasteiger partial charge < -0.3 is 15.7 Å². The Bertz CT molecular complexity index is 1290. The molecule has 0 radical (unpaired) electrons. The summed E-state index contributed by atoms with van der Waals surface area (Å²) in [4.78, 5) is 38.4. The number of carbonyl (C=O) groups excluding carboxylic acids is 2. The predicted octanol–water partition coefficient (Wildman–Crippen LogP) is 7.07. The molecule has 3 amide bonds. The summed E-state index contributed by atoms with van der Waals surface area (Å²) in [6, 6.07) is 22.2. The molecule has 1 unspecified atom stereocenters. The molecule has 1 atom stereocenters. The first-order valence-corrected chi connectivity index (χ1v) is 14.2. The number of carboxylic acids is 1. The van der Waals surface area contributed by atoms with Gasteiger partial charge in [-0.2, -0.15) is 0 Å². The smallest absolute Gasteiger partial charge is 0.322 e. The van der Waals surface area contributed by atoms with Crippen LogP contribution in [0.4, 0.5) is 10.5 Å². The van der Waals surface area contributed by atoms with Crippen LogP contribution >= 0.6 is 11.6 Å². The van der Waals surface area contributed by atoms with Gasteiger partial charge in [0, 0.05) is 22.8 Å². The molecule has 0 spiro atoms. The van der Waals surface area contributed by atoms with E-state index >= 15 is 0 Å². The normalized spacial score (nSPS) is 14.2. The molecule has 3 aromatic carbocycles. The number of nitrogens with zero attached hydrogens (tertiary/aromatic N) is 1. The molecule has 8 heteroatoms. The molecule has 40 heavy (non-hydrogen) atoms. The van der Waals surface area contributed by atoms with E-state index in [1.807, 2.05) is 43.3 Å². The van der Waals surface area contributed by atoms with E-state index in [2.05, 4.69) is 22.8 Å². The van der Waals surface area contributed by atoms with Gasteiger partial charge in [-0.15, -0.1) is 0 Å². The van der Waals surface area contributed by atoms with Crippen molar-refractivity contribution in [3.8, 4) is 0 Å². The molecule has 3 aromatic rings. The van der Waals surface area contributed by atoms with Crippen molar-refractivity contribution in [3.63, 3.8) is 0 Å². The summed E-state index contributed by atoms with van der Waals surface area (Å²) in [7, 11) is 0. The van der Waals surface area contributed by atoms with E-state index in [1.54, 1.807) is 29.2 Å². The summed E-state index contributed by atoms with van der Waals surface area (Å²) in [5.74, 6) is -0.729. The van der Waals surface area contributed by atoms with Gasteiger partial charge in [-0.05, 0) is 78.8 Å². The fourth-order valence-electron chi connectivity index (χ4n) is 5.07. The molecule has 0 heterocycles. The standard InChI is InChI=1S/C32H36ClN3O4/c1-22(24-11-15-28(33)16-12-24)35-32(40)36(29-17-13-26(14-18-29)25-5-3-2-4-6-25)21-23-7-9-27(10-8-23)31(39)34-20-19-30(37)38/h7-18,22,25H,2-6,19-21H2,1H3,(H,34,39)(H,35,40)(H,37,38). The highest BCUT2D eigenvalue weighted by Gasteiger charge is 2.21. The zero-order valence-corrected chi connectivity index (χ0v) is 23.5. The third-order valence-electron chi connectivity index (χ3n) is 7.42. The molecular formula is C32H36ClN3O4. The van der Waals surface area contributed by atoms with E-state index in [0.29, 0.717) is 23.0 Å². The number of halogens is 1. The maximum atomic E-state index is 13.6. The van der Waals surface area contributed by atoms with Crippen LogP contribution in [-0.4, -0.2) is 29.6 Å². The van der Waals surface area contributed by atoms with Crippen molar-refractivity contribution in [2.24, 2.45) is 0 Å². The van der Waals surface area contributed by atoms with Crippen LogP contribution in [0.15, 0.2) is 72.8 Å². The summed E-state index contributed by atoms with van der Waals surface area (Å²) in [5, 5.41) is 15.1. The Kier molecular flexibility index (Phi) is 10.2. The number of benzene rings is 3. The van der Waals surface area contributed by atoms with Crippen molar-refractivity contribution in [1.82, 2.24) is 10.6 Å². The largest absolute Gasteiger partial charge is 0.481 e. The molecule has 1 aliphatic rings. The quantitative estimate of drug-likeness (QED) is 0.246. The molecule has 3 N–H and O–H groups in total. The molecule has 7 nitrogen and oxygen atoms in total. The van der Waals surface area contributed by atoms with Crippen LogP contribution in [0, 0.1) is 0 Å². The van der Waals surface area contributed by atoms with Crippen LogP contribution < -0.4 is 15.5 Å². The van der Waals surface area contributed by atoms with Crippen molar-refractivity contribution >= 4 is 35.2 Å². The lowest BCUT2D eigenvalue weighted by molar-refractivity contribution is -0.136. The third-order valence-corrected chi connectivity index (χ3v) is 7.67. The molecule has 4 rings (SSSR count). The molecule has 1 aliphatic carbocycles. The second kappa shape index (κ2) is 14.0. The summed E-state index contributed by atoms with van der Waals surface area (Å²) in [5.41, 5.74) is 4.34. The highest BCUT2D eigenvalue weighted by molar-refractivity contribution is 6.30. The third kappa shape index (κ3) is 8.09. The number of rotatable bonds is 10. The van der Waals surface area contributed by atoms with Crippen molar-refractivity contribution in [2.75, 3.05) is 11.4 Å². The number of nitrogens with one attached hydrogen (secondary N) is 2. The minimum atomic E-state index is -0.967. The van der Waals surface area contributed by atoms with Crippen molar-refractivity contribution in [2.45, 2.75) is 64.0 Å². The number of carbonyl (C=O) groups is 3. The first-order valence-electron chi connectivity index (χ1n) is 13.8. The molecule has 0 saturated heterocycles. The summed E-state index contributed by atoms with van der Waals surface area (Å²) < 4.78 is 0. The molecule has 1 saturated carbocycles. The van der Waals surface area contributed by atoms with Crippen LogP contribution in [0.3, 0.4) is 0 Å². The summed E-state index contributed by atoms with van der Waals surface area (Å²) in [6.45, 7) is 2.30. The average molecular weight is 562 g/mol. The van der Waals surface area contributed by atoms with Gasteiger partial charge in [0.05, 0.1) is 19.0 Å². The summed E-state index contributed by atoms with van der Waals surface area (Å²) >= 11 is 6.04. The van der Waals surface area contributed by atoms with Crippen LogP contribution in [0.2, 0.25) is 5.02 Å². The molecule has 1 fully saturated rings. The van der Waals surface area contributed by atoms with Crippen LogP contribution in [-0.2, 0) is 11.3 Å². The van der Waals surface area contributed by atoms with Gasteiger partial charge in [0.15, 0.2) is 0 Å². The monoisotopic (exact) mass is 561 g/mol. The molecule has 210 valence electrons. The van der Waals surface area contributed by atoms with E-state index in [4.69, 9.17) is 16.7 Å². The molecule has 0 aromatic heterocycles. The number of aliphatic carboxylic acids is 1. The highest BCUT2D eigenvalue weighted by Crippen LogP contribution is 2.33. The molecule has 0 bridgehead atoms. The summed E-state index contributed by atoms with van der Waals surface area (Å²) in [6.07, 6.45) is 6.10. The Morgan fingerprint density at radius 1 is 0.925 bits per heavy atom.